The summed E-state index contributed by atoms with van der Waals surface area (Å²) in [5.41, 5.74) is 3.59. The molecule has 0 N–H and O–H groups in total. The molecule has 4 aromatic rings. The van der Waals surface area contributed by atoms with Gasteiger partial charge in [-0.2, -0.15) is 0 Å². The van der Waals surface area contributed by atoms with E-state index in [0.717, 1.165) is 16.7 Å². The van der Waals surface area contributed by atoms with Crippen LogP contribution in [0.15, 0.2) is 63.8 Å². The zero-order valence-electron chi connectivity index (χ0n) is 18.4. The SMILES string of the molecule is CCc1cc2c(=O)c(-c3ccc4c(c3)OCCO4)c(C)oc2cc1OCc1cccc(Cl)c1. The maximum atomic E-state index is 13.5. The first-order valence-corrected chi connectivity index (χ1v) is 11.3. The molecule has 0 saturated carbocycles. The Bertz CT molecular complexity index is 1410. The first-order chi connectivity index (χ1) is 16.0. The summed E-state index contributed by atoms with van der Waals surface area (Å²) in [4.78, 5) is 13.5. The van der Waals surface area contributed by atoms with E-state index in [1.54, 1.807) is 13.0 Å². The lowest BCUT2D eigenvalue weighted by molar-refractivity contribution is 0.171. The van der Waals surface area contributed by atoms with Crippen molar-refractivity contribution in [3.63, 3.8) is 0 Å². The van der Waals surface area contributed by atoms with Crippen LogP contribution in [0.2, 0.25) is 5.02 Å². The fourth-order valence-electron chi connectivity index (χ4n) is 4.11. The Balaban J connectivity index is 1.55. The number of rotatable bonds is 5. The third kappa shape index (κ3) is 4.16. The predicted octanol–water partition coefficient (Wildman–Crippen LogP) is 6.33. The molecule has 33 heavy (non-hydrogen) atoms. The lowest BCUT2D eigenvalue weighted by Crippen LogP contribution is -2.15. The second-order valence-corrected chi connectivity index (χ2v) is 8.39. The van der Waals surface area contributed by atoms with Crippen LogP contribution in [0.25, 0.3) is 22.1 Å². The normalized spacial score (nSPS) is 12.7. The monoisotopic (exact) mass is 462 g/mol. The number of hydrogen-bond donors (Lipinski definition) is 0. The van der Waals surface area contributed by atoms with Crippen molar-refractivity contribution in [1.82, 2.24) is 0 Å². The van der Waals surface area contributed by atoms with E-state index in [-0.39, 0.29) is 5.43 Å². The molecule has 1 aliphatic heterocycles. The molecule has 3 aromatic carbocycles. The number of ether oxygens (including phenoxy) is 3. The number of aryl methyl sites for hydroxylation is 2. The Morgan fingerprint density at radius 1 is 1.00 bits per heavy atom. The van der Waals surface area contributed by atoms with Crippen molar-refractivity contribution in [1.29, 1.82) is 0 Å². The molecular formula is C27H23ClO5. The molecule has 0 unspecified atom stereocenters. The highest BCUT2D eigenvalue weighted by atomic mass is 35.5. The van der Waals surface area contributed by atoms with Gasteiger partial charge >= 0.3 is 0 Å². The van der Waals surface area contributed by atoms with Gasteiger partial charge in [-0.3, -0.25) is 4.79 Å². The standard InChI is InChI=1S/C27H23ClO5/c1-3-18-12-21-24(14-23(18)32-15-17-5-4-6-20(28)11-17)33-16(2)26(27(21)29)19-7-8-22-25(13-19)31-10-9-30-22/h4-8,11-14H,3,9-10,15H2,1-2H3. The van der Waals surface area contributed by atoms with Crippen LogP contribution in [-0.2, 0) is 13.0 Å². The second-order valence-electron chi connectivity index (χ2n) is 7.95. The van der Waals surface area contributed by atoms with Crippen molar-refractivity contribution >= 4 is 22.6 Å². The zero-order chi connectivity index (χ0) is 22.9. The lowest BCUT2D eigenvalue weighted by Gasteiger charge is -2.19. The molecule has 0 atom stereocenters. The molecule has 0 bridgehead atoms. The highest BCUT2D eigenvalue weighted by molar-refractivity contribution is 6.30. The van der Waals surface area contributed by atoms with Gasteiger partial charge in [0.25, 0.3) is 0 Å². The molecule has 0 radical (unpaired) electrons. The van der Waals surface area contributed by atoms with Crippen LogP contribution in [0.1, 0.15) is 23.8 Å². The quantitative estimate of drug-likeness (QED) is 0.346. The van der Waals surface area contributed by atoms with E-state index in [9.17, 15) is 4.79 Å². The summed E-state index contributed by atoms with van der Waals surface area (Å²) < 4.78 is 23.5. The maximum absolute atomic E-state index is 13.5. The summed E-state index contributed by atoms with van der Waals surface area (Å²) in [7, 11) is 0. The molecule has 1 aromatic heterocycles. The van der Waals surface area contributed by atoms with E-state index < -0.39 is 0 Å². The van der Waals surface area contributed by atoms with Crippen molar-refractivity contribution in [2.45, 2.75) is 26.9 Å². The average Bonchev–Trinajstić information content (AvgIpc) is 2.82. The fourth-order valence-corrected chi connectivity index (χ4v) is 4.32. The fraction of sp³-hybridized carbons (Fsp3) is 0.222. The number of hydrogen-bond acceptors (Lipinski definition) is 5. The Hall–Kier alpha value is -3.44. The third-order valence-electron chi connectivity index (χ3n) is 5.74. The van der Waals surface area contributed by atoms with Crippen molar-refractivity contribution < 1.29 is 18.6 Å². The second kappa shape index (κ2) is 8.83. The molecule has 0 fully saturated rings. The van der Waals surface area contributed by atoms with Crippen LogP contribution in [0.4, 0.5) is 0 Å². The van der Waals surface area contributed by atoms with Gasteiger partial charge in [-0.05, 0) is 60.4 Å². The van der Waals surface area contributed by atoms with Crippen LogP contribution in [0, 0.1) is 6.92 Å². The molecule has 0 amide bonds. The van der Waals surface area contributed by atoms with Crippen molar-refractivity contribution in [3.05, 3.63) is 86.7 Å². The Morgan fingerprint density at radius 3 is 2.61 bits per heavy atom. The molecule has 1 aliphatic rings. The van der Waals surface area contributed by atoms with E-state index in [1.165, 1.54) is 0 Å². The van der Waals surface area contributed by atoms with E-state index in [2.05, 4.69) is 0 Å². The number of benzene rings is 3. The molecule has 6 heteroatoms. The highest BCUT2D eigenvalue weighted by Crippen LogP contribution is 2.36. The molecule has 2 heterocycles. The van der Waals surface area contributed by atoms with E-state index in [1.807, 2.05) is 55.5 Å². The van der Waals surface area contributed by atoms with Gasteiger partial charge in [-0.15, -0.1) is 0 Å². The highest BCUT2D eigenvalue weighted by Gasteiger charge is 2.19. The van der Waals surface area contributed by atoms with E-state index >= 15 is 0 Å². The van der Waals surface area contributed by atoms with Crippen molar-refractivity contribution in [2.24, 2.45) is 0 Å². The summed E-state index contributed by atoms with van der Waals surface area (Å²) in [6.45, 7) is 5.21. The largest absolute Gasteiger partial charge is 0.488 e. The summed E-state index contributed by atoms with van der Waals surface area (Å²) >= 11 is 6.08. The van der Waals surface area contributed by atoms with Crippen LogP contribution in [-0.4, -0.2) is 13.2 Å². The molecule has 0 aliphatic carbocycles. The van der Waals surface area contributed by atoms with Gasteiger partial charge in [0, 0.05) is 11.1 Å². The van der Waals surface area contributed by atoms with Gasteiger partial charge in [0.15, 0.2) is 11.5 Å². The molecule has 168 valence electrons. The first-order valence-electron chi connectivity index (χ1n) is 10.9. The Morgan fingerprint density at radius 2 is 1.82 bits per heavy atom. The van der Waals surface area contributed by atoms with Crippen LogP contribution >= 0.6 is 11.6 Å². The number of fused-ring (bicyclic) bond motifs is 2. The minimum absolute atomic E-state index is 0.0819. The maximum Gasteiger partial charge on any atom is 0.200 e. The third-order valence-corrected chi connectivity index (χ3v) is 5.98. The van der Waals surface area contributed by atoms with Gasteiger partial charge in [0.2, 0.25) is 5.43 Å². The van der Waals surface area contributed by atoms with Gasteiger partial charge in [-0.1, -0.05) is 36.7 Å². The van der Waals surface area contributed by atoms with Gasteiger partial charge in [-0.25, -0.2) is 0 Å². The smallest absolute Gasteiger partial charge is 0.200 e. The van der Waals surface area contributed by atoms with E-state index in [0.29, 0.717) is 70.8 Å². The van der Waals surface area contributed by atoms with E-state index in [4.69, 9.17) is 30.2 Å². The van der Waals surface area contributed by atoms with Gasteiger partial charge < -0.3 is 18.6 Å². The number of halogens is 1. The molecular weight excluding hydrogens is 440 g/mol. The van der Waals surface area contributed by atoms with Gasteiger partial charge in [0.05, 0.1) is 10.9 Å². The minimum Gasteiger partial charge on any atom is -0.488 e. The van der Waals surface area contributed by atoms with Crippen LogP contribution < -0.4 is 19.6 Å². The lowest BCUT2D eigenvalue weighted by atomic mass is 10.00. The summed E-state index contributed by atoms with van der Waals surface area (Å²) in [6, 6.07) is 16.8. The molecule has 5 rings (SSSR count). The van der Waals surface area contributed by atoms with Crippen molar-refractivity contribution in [3.8, 4) is 28.4 Å². The molecule has 0 saturated heterocycles. The molecule has 0 spiro atoms. The average molecular weight is 463 g/mol. The van der Waals surface area contributed by atoms with Crippen molar-refractivity contribution in [2.75, 3.05) is 13.2 Å². The molecule has 5 nitrogen and oxygen atoms in total. The van der Waals surface area contributed by atoms with Crippen LogP contribution in [0.5, 0.6) is 17.2 Å². The minimum atomic E-state index is -0.0819. The Kier molecular flexibility index (Phi) is 5.73. The Labute approximate surface area is 196 Å². The summed E-state index contributed by atoms with van der Waals surface area (Å²) in [6.07, 6.45) is 0.716. The van der Waals surface area contributed by atoms with Crippen LogP contribution in [0.3, 0.4) is 0 Å². The zero-order valence-corrected chi connectivity index (χ0v) is 19.2. The summed E-state index contributed by atoms with van der Waals surface area (Å²) in [5.74, 6) is 2.55. The first kappa shape index (κ1) is 21.4. The summed E-state index contributed by atoms with van der Waals surface area (Å²) in [5, 5.41) is 1.19. The van der Waals surface area contributed by atoms with Gasteiger partial charge in [0.1, 0.15) is 36.9 Å². The predicted molar refractivity (Wildman–Crippen MR) is 129 cm³/mol. The topological polar surface area (TPSA) is 57.9 Å².